The van der Waals surface area contributed by atoms with E-state index >= 15 is 0 Å². The van der Waals surface area contributed by atoms with Crippen LogP contribution in [0.3, 0.4) is 0 Å². The van der Waals surface area contributed by atoms with Crippen LogP contribution in [0.5, 0.6) is 0 Å². The number of carbonyl (C=O) groups excluding carboxylic acids is 2. The van der Waals surface area contributed by atoms with Gasteiger partial charge < -0.3 is 33.8 Å². The van der Waals surface area contributed by atoms with Crippen molar-refractivity contribution in [2.75, 3.05) is 19.8 Å². The molecule has 0 aromatic heterocycles. The zero-order chi connectivity index (χ0) is 13.4. The first-order valence-electron chi connectivity index (χ1n) is 4.54. The van der Waals surface area contributed by atoms with Crippen molar-refractivity contribution < 1.29 is 9.59 Å². The molecular formula is C10H15ClN3O2S2-. The van der Waals surface area contributed by atoms with E-state index in [2.05, 4.69) is 18.4 Å². The molecule has 18 heavy (non-hydrogen) atoms. The number of rotatable bonds is 1. The summed E-state index contributed by atoms with van der Waals surface area (Å²) in [6.07, 6.45) is 0. The minimum absolute atomic E-state index is 0. The number of benzene rings is 1. The van der Waals surface area contributed by atoms with E-state index in [1.54, 1.807) is 31.1 Å². The molecule has 0 fully saturated rings. The topological polar surface area (TPSA) is 89.4 Å². The molecule has 1 aromatic carbocycles. The molecule has 0 aliphatic heterocycles. The second-order valence-electron chi connectivity index (χ2n) is 3.15. The Kier molecular flexibility index (Phi) is 10.4. The summed E-state index contributed by atoms with van der Waals surface area (Å²) in [4.78, 5) is 22.7. The van der Waals surface area contributed by atoms with Crippen molar-refractivity contribution in [3.05, 3.63) is 24.3 Å². The van der Waals surface area contributed by atoms with Gasteiger partial charge in [-0.15, -0.1) is 12.4 Å². The van der Waals surface area contributed by atoms with E-state index in [1.165, 1.54) is 11.8 Å². The number of carbonyl (C=O) groups is 2. The fraction of sp³-hybridized carbons (Fsp3) is 0.200. The third-order valence-corrected chi connectivity index (χ3v) is 2.50. The third-order valence-electron chi connectivity index (χ3n) is 1.45. The van der Waals surface area contributed by atoms with Crippen molar-refractivity contribution in [3.8, 4) is 0 Å². The molecule has 0 bridgehead atoms. The number of anilines is 1. The summed E-state index contributed by atoms with van der Waals surface area (Å²) in [7, 11) is 3.46. The van der Waals surface area contributed by atoms with Gasteiger partial charge in [-0.1, -0.05) is 0 Å². The SMILES string of the molecule is CN(C)C(=O)Sc1ccc(N)cc1.Cl.NC(=O)[S-]. The summed E-state index contributed by atoms with van der Waals surface area (Å²) in [5.74, 6) is 0. The van der Waals surface area contributed by atoms with Crippen LogP contribution >= 0.6 is 24.2 Å². The van der Waals surface area contributed by atoms with Crippen molar-refractivity contribution in [3.63, 3.8) is 0 Å². The number of thioether (sulfide) groups is 1. The minimum Gasteiger partial charge on any atom is -0.719 e. The van der Waals surface area contributed by atoms with Crippen molar-refractivity contribution in [1.29, 1.82) is 0 Å². The number of nitrogen functional groups attached to an aromatic ring is 1. The predicted octanol–water partition coefficient (Wildman–Crippen LogP) is 2.08. The van der Waals surface area contributed by atoms with Crippen LogP contribution in [0.25, 0.3) is 0 Å². The molecule has 0 heterocycles. The van der Waals surface area contributed by atoms with Gasteiger partial charge in [0.15, 0.2) is 0 Å². The second-order valence-corrected chi connectivity index (χ2v) is 4.58. The third kappa shape index (κ3) is 10.0. The van der Waals surface area contributed by atoms with Crippen LogP contribution in [0.2, 0.25) is 0 Å². The van der Waals surface area contributed by atoms with E-state index in [-0.39, 0.29) is 17.6 Å². The molecule has 1 rings (SSSR count). The molecule has 4 N–H and O–H groups in total. The second kappa shape index (κ2) is 9.81. The first-order chi connectivity index (χ1) is 7.82. The highest BCUT2D eigenvalue weighted by atomic mass is 35.5. The number of halogens is 1. The normalized spacial score (nSPS) is 8.33. The van der Waals surface area contributed by atoms with E-state index in [9.17, 15) is 4.79 Å². The zero-order valence-corrected chi connectivity index (χ0v) is 12.4. The van der Waals surface area contributed by atoms with E-state index in [1.807, 2.05) is 12.1 Å². The Hall–Kier alpha value is -1.18. The monoisotopic (exact) mass is 308 g/mol. The summed E-state index contributed by atoms with van der Waals surface area (Å²) < 4.78 is 0. The van der Waals surface area contributed by atoms with Crippen LogP contribution in [0, 0.1) is 0 Å². The lowest BCUT2D eigenvalue weighted by molar-refractivity contribution is 0.241. The summed E-state index contributed by atoms with van der Waals surface area (Å²) in [6, 6.07) is 7.24. The van der Waals surface area contributed by atoms with Crippen molar-refractivity contribution in [1.82, 2.24) is 4.90 Å². The Labute approximate surface area is 122 Å². The predicted molar refractivity (Wildman–Crippen MR) is 80.0 cm³/mol. The molecule has 0 saturated heterocycles. The Morgan fingerprint density at radius 3 is 1.94 bits per heavy atom. The van der Waals surface area contributed by atoms with Gasteiger partial charge in [-0.25, -0.2) is 0 Å². The van der Waals surface area contributed by atoms with Gasteiger partial charge in [0.1, 0.15) is 0 Å². The van der Waals surface area contributed by atoms with Crippen LogP contribution in [-0.2, 0) is 12.6 Å². The Bertz CT molecular complexity index is 381. The number of hydrogen-bond acceptors (Lipinski definition) is 5. The summed E-state index contributed by atoms with van der Waals surface area (Å²) in [6.45, 7) is 0. The maximum atomic E-state index is 11.3. The van der Waals surface area contributed by atoms with E-state index in [0.717, 1.165) is 4.90 Å². The van der Waals surface area contributed by atoms with Gasteiger partial charge in [-0.3, -0.25) is 4.79 Å². The Morgan fingerprint density at radius 1 is 1.22 bits per heavy atom. The van der Waals surface area contributed by atoms with Gasteiger partial charge in [-0.05, 0) is 36.0 Å². The number of hydrogen-bond donors (Lipinski definition) is 2. The molecule has 2 amide bonds. The molecule has 102 valence electrons. The van der Waals surface area contributed by atoms with Crippen LogP contribution in [0.1, 0.15) is 0 Å². The van der Waals surface area contributed by atoms with Gasteiger partial charge in [0, 0.05) is 24.7 Å². The average Bonchev–Trinajstić information content (AvgIpc) is 2.20. The molecule has 8 heteroatoms. The molecule has 0 aliphatic carbocycles. The Balaban J connectivity index is 0. The van der Waals surface area contributed by atoms with Crippen LogP contribution in [0.4, 0.5) is 15.3 Å². The quantitative estimate of drug-likeness (QED) is 0.471. The standard InChI is InChI=1S/C9H12N2OS.CH3NOS.ClH/c1-11(2)9(12)13-8-5-3-7(10)4-6-8;2-1(3)4;/h3-6H,10H2,1-2H3;(H3,2,3,4);1H/p-1. The first-order valence-corrected chi connectivity index (χ1v) is 5.76. The summed E-state index contributed by atoms with van der Waals surface area (Å²) in [5, 5.41) is -0.732. The maximum Gasteiger partial charge on any atom is 0.285 e. The lowest BCUT2D eigenvalue weighted by Gasteiger charge is -2.08. The lowest BCUT2D eigenvalue weighted by Crippen LogP contribution is -2.15. The number of amides is 2. The van der Waals surface area contributed by atoms with Gasteiger partial charge in [0.05, 0.1) is 5.24 Å². The molecule has 5 nitrogen and oxygen atoms in total. The maximum absolute atomic E-state index is 11.3. The molecule has 0 radical (unpaired) electrons. The Morgan fingerprint density at radius 2 is 1.61 bits per heavy atom. The van der Waals surface area contributed by atoms with E-state index < -0.39 is 5.24 Å². The molecule has 0 atom stereocenters. The molecule has 0 unspecified atom stereocenters. The van der Waals surface area contributed by atoms with Gasteiger partial charge in [0.2, 0.25) is 0 Å². The van der Waals surface area contributed by atoms with Crippen molar-refractivity contribution in [2.24, 2.45) is 5.73 Å². The molecule has 0 spiro atoms. The highest BCUT2D eigenvalue weighted by Gasteiger charge is 2.05. The zero-order valence-electron chi connectivity index (χ0n) is 9.95. The fourth-order valence-electron chi connectivity index (χ4n) is 0.728. The molecular weight excluding hydrogens is 294 g/mol. The summed E-state index contributed by atoms with van der Waals surface area (Å²) >= 11 is 4.95. The fourth-order valence-corrected chi connectivity index (χ4v) is 1.38. The highest BCUT2D eigenvalue weighted by Crippen LogP contribution is 2.21. The number of primary amides is 1. The van der Waals surface area contributed by atoms with Crippen LogP contribution in [-0.4, -0.2) is 29.5 Å². The molecule has 0 saturated carbocycles. The van der Waals surface area contributed by atoms with Gasteiger partial charge >= 0.3 is 0 Å². The van der Waals surface area contributed by atoms with E-state index in [4.69, 9.17) is 10.5 Å². The van der Waals surface area contributed by atoms with Crippen molar-refractivity contribution >= 4 is 53.0 Å². The van der Waals surface area contributed by atoms with Gasteiger partial charge in [-0.2, -0.15) is 0 Å². The van der Waals surface area contributed by atoms with Crippen molar-refractivity contribution in [2.45, 2.75) is 4.90 Å². The first kappa shape index (κ1) is 19.2. The average molecular weight is 309 g/mol. The summed E-state index contributed by atoms with van der Waals surface area (Å²) in [5.41, 5.74) is 10.5. The number of nitrogens with zero attached hydrogens (tertiary/aromatic N) is 1. The highest BCUT2D eigenvalue weighted by molar-refractivity contribution is 8.13. The molecule has 1 aromatic rings. The number of nitrogens with two attached hydrogens (primary N) is 2. The van der Waals surface area contributed by atoms with E-state index in [0.29, 0.717) is 5.69 Å². The lowest BCUT2D eigenvalue weighted by atomic mass is 10.3. The van der Waals surface area contributed by atoms with Crippen LogP contribution in [0.15, 0.2) is 29.2 Å². The molecule has 0 aliphatic rings. The van der Waals surface area contributed by atoms with Gasteiger partial charge in [0.25, 0.3) is 5.24 Å². The largest absolute Gasteiger partial charge is 0.719 e. The smallest absolute Gasteiger partial charge is 0.285 e. The van der Waals surface area contributed by atoms with Crippen LogP contribution < -0.4 is 11.5 Å². The minimum atomic E-state index is -0.750.